The lowest BCUT2D eigenvalue weighted by molar-refractivity contribution is -0.145. The molecular formula is C13H16ClN3O3. The third-order valence-corrected chi connectivity index (χ3v) is 3.24. The number of likely N-dealkylation sites (N-methyl/N-ethyl adjacent to an activating group) is 1. The van der Waals surface area contributed by atoms with Crippen molar-refractivity contribution in [2.24, 2.45) is 0 Å². The van der Waals surface area contributed by atoms with Gasteiger partial charge in [-0.15, -0.1) is 0 Å². The highest BCUT2D eigenvalue weighted by Crippen LogP contribution is 2.12. The summed E-state index contributed by atoms with van der Waals surface area (Å²) in [5.41, 5.74) is 0.312. The topological polar surface area (TPSA) is 62.7 Å². The molecule has 2 amide bonds. The molecule has 20 heavy (non-hydrogen) atoms. The van der Waals surface area contributed by atoms with E-state index < -0.39 is 6.10 Å². The second-order valence-corrected chi connectivity index (χ2v) is 5.14. The Bertz CT molecular complexity index is 504. The molecule has 0 unspecified atom stereocenters. The Morgan fingerprint density at radius 2 is 2.20 bits per heavy atom. The average Bonchev–Trinajstić information content (AvgIpc) is 2.46. The van der Waals surface area contributed by atoms with Crippen molar-refractivity contribution in [1.82, 2.24) is 14.8 Å². The normalized spacial score (nSPS) is 18.8. The lowest BCUT2D eigenvalue weighted by atomic mass is 10.2. The third-order valence-electron chi connectivity index (χ3n) is 3.02. The zero-order chi connectivity index (χ0) is 14.7. The zero-order valence-electron chi connectivity index (χ0n) is 11.4. The highest BCUT2D eigenvalue weighted by molar-refractivity contribution is 6.30. The molecule has 1 aromatic heterocycles. The maximum Gasteiger partial charge on any atom is 0.272 e. The quantitative estimate of drug-likeness (QED) is 0.805. The first kappa shape index (κ1) is 14.7. The van der Waals surface area contributed by atoms with E-state index in [1.807, 2.05) is 0 Å². The minimum atomic E-state index is -0.616. The van der Waals surface area contributed by atoms with E-state index >= 15 is 0 Å². The molecule has 1 aliphatic rings. The van der Waals surface area contributed by atoms with Crippen molar-refractivity contribution in [1.29, 1.82) is 0 Å². The van der Waals surface area contributed by atoms with Crippen LogP contribution in [0.3, 0.4) is 0 Å². The Morgan fingerprint density at radius 3 is 2.80 bits per heavy atom. The molecule has 1 fully saturated rings. The van der Waals surface area contributed by atoms with Crippen LogP contribution in [-0.2, 0) is 9.53 Å². The average molecular weight is 298 g/mol. The molecule has 2 heterocycles. The number of halogens is 1. The van der Waals surface area contributed by atoms with Gasteiger partial charge in [0.2, 0.25) is 0 Å². The molecule has 0 aliphatic carbocycles. The summed E-state index contributed by atoms with van der Waals surface area (Å²) in [6, 6.07) is 3.19. The molecule has 0 saturated carbocycles. The van der Waals surface area contributed by atoms with Crippen LogP contribution in [0.15, 0.2) is 18.3 Å². The molecule has 0 N–H and O–H groups in total. The van der Waals surface area contributed by atoms with Crippen LogP contribution in [0, 0.1) is 0 Å². The number of hydrogen-bond donors (Lipinski definition) is 0. The summed E-state index contributed by atoms with van der Waals surface area (Å²) >= 11 is 5.74. The Labute approximate surface area is 122 Å². The van der Waals surface area contributed by atoms with Gasteiger partial charge in [-0.3, -0.25) is 9.59 Å². The lowest BCUT2D eigenvalue weighted by Gasteiger charge is -2.33. The molecule has 1 aliphatic heterocycles. The highest BCUT2D eigenvalue weighted by atomic mass is 35.5. The van der Waals surface area contributed by atoms with Crippen molar-refractivity contribution < 1.29 is 14.3 Å². The van der Waals surface area contributed by atoms with Gasteiger partial charge < -0.3 is 14.5 Å². The number of nitrogens with zero attached hydrogens (tertiary/aromatic N) is 3. The van der Waals surface area contributed by atoms with Crippen LogP contribution in [0.4, 0.5) is 0 Å². The molecule has 6 nitrogen and oxygen atoms in total. The smallest absolute Gasteiger partial charge is 0.272 e. The van der Waals surface area contributed by atoms with Crippen LogP contribution < -0.4 is 0 Å². The first-order valence-corrected chi connectivity index (χ1v) is 6.60. The fourth-order valence-corrected chi connectivity index (χ4v) is 2.05. The number of carbonyl (C=O) groups is 2. The van der Waals surface area contributed by atoms with E-state index in [1.165, 1.54) is 11.1 Å². The molecule has 0 radical (unpaired) electrons. The van der Waals surface area contributed by atoms with Crippen molar-refractivity contribution in [3.8, 4) is 0 Å². The van der Waals surface area contributed by atoms with Gasteiger partial charge in [-0.05, 0) is 12.1 Å². The predicted molar refractivity (Wildman–Crippen MR) is 73.6 cm³/mol. The van der Waals surface area contributed by atoms with Crippen LogP contribution >= 0.6 is 11.6 Å². The van der Waals surface area contributed by atoms with Gasteiger partial charge in [0.15, 0.2) is 6.10 Å². The monoisotopic (exact) mass is 297 g/mol. The number of pyridine rings is 1. The van der Waals surface area contributed by atoms with E-state index in [4.69, 9.17) is 16.3 Å². The van der Waals surface area contributed by atoms with E-state index in [0.717, 1.165) is 0 Å². The number of ether oxygens (including phenoxy) is 1. The van der Waals surface area contributed by atoms with E-state index in [9.17, 15) is 9.59 Å². The zero-order valence-corrected chi connectivity index (χ0v) is 12.1. The minimum absolute atomic E-state index is 0.147. The van der Waals surface area contributed by atoms with Gasteiger partial charge in [0.05, 0.1) is 18.2 Å². The molecule has 1 atom stereocenters. The van der Waals surface area contributed by atoms with Crippen molar-refractivity contribution in [2.75, 3.05) is 33.8 Å². The number of hydrogen-bond acceptors (Lipinski definition) is 4. The summed E-state index contributed by atoms with van der Waals surface area (Å²) in [5, 5.41) is 0.476. The summed E-state index contributed by atoms with van der Waals surface area (Å²) in [6.45, 7) is 1.02. The Morgan fingerprint density at radius 1 is 1.45 bits per heavy atom. The Hall–Kier alpha value is -1.66. The molecule has 108 valence electrons. The number of amides is 2. The van der Waals surface area contributed by atoms with Gasteiger partial charge in [-0.1, -0.05) is 11.6 Å². The van der Waals surface area contributed by atoms with Crippen LogP contribution in [0.2, 0.25) is 5.02 Å². The first-order chi connectivity index (χ1) is 9.49. The maximum atomic E-state index is 12.3. The van der Waals surface area contributed by atoms with Gasteiger partial charge in [0.1, 0.15) is 5.69 Å². The van der Waals surface area contributed by atoms with E-state index in [-0.39, 0.29) is 18.4 Å². The van der Waals surface area contributed by atoms with Crippen LogP contribution in [0.5, 0.6) is 0 Å². The van der Waals surface area contributed by atoms with Crippen molar-refractivity contribution >= 4 is 23.4 Å². The van der Waals surface area contributed by atoms with Crippen molar-refractivity contribution in [3.63, 3.8) is 0 Å². The fraction of sp³-hybridized carbons (Fsp3) is 0.462. The first-order valence-electron chi connectivity index (χ1n) is 6.22. The number of rotatable bonds is 2. The van der Waals surface area contributed by atoms with Crippen LogP contribution in [-0.4, -0.2) is 66.5 Å². The summed E-state index contributed by atoms with van der Waals surface area (Å²) < 4.78 is 5.41. The SMILES string of the molecule is CN(C)C(=O)[C@H]1CN(C(=O)c2ccc(Cl)cn2)CCO1. The van der Waals surface area contributed by atoms with Gasteiger partial charge in [-0.25, -0.2) is 4.98 Å². The maximum absolute atomic E-state index is 12.3. The highest BCUT2D eigenvalue weighted by Gasteiger charge is 2.30. The Balaban J connectivity index is 2.07. The van der Waals surface area contributed by atoms with Crippen LogP contribution in [0.25, 0.3) is 0 Å². The second kappa shape index (κ2) is 6.19. The standard InChI is InChI=1S/C13H16ClN3O3/c1-16(2)13(19)11-8-17(5-6-20-11)12(18)10-4-3-9(14)7-15-10/h3-4,7,11H,5-6,8H2,1-2H3/t11-/m1/s1. The van der Waals surface area contributed by atoms with Gasteiger partial charge in [-0.2, -0.15) is 0 Å². The summed E-state index contributed by atoms with van der Waals surface area (Å²) in [6.07, 6.45) is 0.813. The number of aromatic nitrogens is 1. The predicted octanol–water partition coefficient (Wildman–Crippen LogP) is 0.664. The van der Waals surface area contributed by atoms with E-state index in [0.29, 0.717) is 23.9 Å². The largest absolute Gasteiger partial charge is 0.365 e. The second-order valence-electron chi connectivity index (χ2n) is 4.70. The molecule has 1 aromatic rings. The van der Waals surface area contributed by atoms with Gasteiger partial charge in [0, 0.05) is 26.8 Å². The fourth-order valence-electron chi connectivity index (χ4n) is 1.94. The van der Waals surface area contributed by atoms with Crippen molar-refractivity contribution in [2.45, 2.75) is 6.10 Å². The van der Waals surface area contributed by atoms with E-state index in [1.54, 1.807) is 31.1 Å². The molecular weight excluding hydrogens is 282 g/mol. The molecule has 1 saturated heterocycles. The molecule has 0 spiro atoms. The molecule has 0 aromatic carbocycles. The lowest BCUT2D eigenvalue weighted by Crippen LogP contribution is -2.51. The summed E-state index contributed by atoms with van der Waals surface area (Å²) in [4.78, 5) is 31.2. The van der Waals surface area contributed by atoms with Gasteiger partial charge in [0.25, 0.3) is 11.8 Å². The Kier molecular flexibility index (Phi) is 4.57. The van der Waals surface area contributed by atoms with E-state index in [2.05, 4.69) is 4.98 Å². The summed E-state index contributed by atoms with van der Waals surface area (Å²) in [7, 11) is 3.32. The minimum Gasteiger partial charge on any atom is -0.365 e. The van der Waals surface area contributed by atoms with Crippen LogP contribution in [0.1, 0.15) is 10.5 Å². The van der Waals surface area contributed by atoms with Gasteiger partial charge >= 0.3 is 0 Å². The molecule has 0 bridgehead atoms. The molecule has 7 heteroatoms. The number of morpholine rings is 1. The summed E-state index contributed by atoms with van der Waals surface area (Å²) in [5.74, 6) is -0.368. The third kappa shape index (κ3) is 3.26. The molecule has 2 rings (SSSR count). The number of carbonyl (C=O) groups excluding carboxylic acids is 2. The van der Waals surface area contributed by atoms with Crippen molar-refractivity contribution in [3.05, 3.63) is 29.0 Å².